The van der Waals surface area contributed by atoms with Gasteiger partial charge in [0.15, 0.2) is 0 Å². The molecule has 10 nitrogen and oxygen atoms in total. The van der Waals surface area contributed by atoms with Gasteiger partial charge < -0.3 is 19.9 Å². The lowest BCUT2D eigenvalue weighted by molar-refractivity contribution is -0.274. The molecule has 1 aromatic heterocycles. The number of alkyl halides is 3. The molecule has 0 unspecified atom stereocenters. The summed E-state index contributed by atoms with van der Waals surface area (Å²) >= 11 is 0. The maximum atomic E-state index is 12.1. The Hall–Kier alpha value is -2.93. The van der Waals surface area contributed by atoms with E-state index < -0.39 is 23.9 Å². The van der Waals surface area contributed by atoms with Gasteiger partial charge in [0.25, 0.3) is 0 Å². The third kappa shape index (κ3) is 7.45. The van der Waals surface area contributed by atoms with Gasteiger partial charge in [-0.25, -0.2) is 9.59 Å². The first-order chi connectivity index (χ1) is 12.7. The van der Waals surface area contributed by atoms with Crippen LogP contribution in [0.25, 0.3) is 5.69 Å². The molecule has 2 N–H and O–H groups in total. The molecule has 1 aromatic carbocycles. The third-order valence-electron chi connectivity index (χ3n) is 2.83. The molecule has 0 saturated carbocycles. The van der Waals surface area contributed by atoms with Crippen LogP contribution in [0.3, 0.4) is 0 Å². The Morgan fingerprint density at radius 3 is 2.56 bits per heavy atom. The Labute approximate surface area is 151 Å². The van der Waals surface area contributed by atoms with Crippen LogP contribution in [0.1, 0.15) is 6.42 Å². The molecule has 0 bridgehead atoms. The van der Waals surface area contributed by atoms with E-state index in [1.54, 1.807) is 7.11 Å². The monoisotopic (exact) mass is 393 g/mol. The molecule has 27 heavy (non-hydrogen) atoms. The van der Waals surface area contributed by atoms with Gasteiger partial charge in [-0.05, 0) is 42.6 Å². The predicted molar refractivity (Wildman–Crippen MR) is 86.1 cm³/mol. The van der Waals surface area contributed by atoms with Gasteiger partial charge in [-0.1, -0.05) is 10.7 Å². The molecule has 0 atom stereocenters. The summed E-state index contributed by atoms with van der Waals surface area (Å²) in [6, 6.07) is 4.31. The number of aromatic nitrogens is 4. The molecule has 1 heterocycles. The van der Waals surface area contributed by atoms with E-state index >= 15 is 0 Å². The van der Waals surface area contributed by atoms with E-state index in [2.05, 4.69) is 20.5 Å². The second-order valence-corrected chi connectivity index (χ2v) is 4.86. The fraction of sp³-hybridized carbons (Fsp3) is 0.429. The number of halogens is 3. The molecule has 0 spiro atoms. The van der Waals surface area contributed by atoms with Crippen molar-refractivity contribution in [3.63, 3.8) is 0 Å². The SMILES string of the molecule is CNCCCOC.O=C(O)n1nnn(-c2cccc(OC(F)(F)F)c2)c1=O. The summed E-state index contributed by atoms with van der Waals surface area (Å²) in [7, 11) is 3.66. The van der Waals surface area contributed by atoms with Crippen LogP contribution < -0.4 is 15.7 Å². The Bertz CT molecular complexity index is 786. The molecular weight excluding hydrogens is 375 g/mol. The average Bonchev–Trinajstić information content (AvgIpc) is 2.96. The molecule has 0 amide bonds. The second kappa shape index (κ2) is 10.3. The van der Waals surface area contributed by atoms with E-state index in [1.165, 1.54) is 12.1 Å². The number of nitrogens with zero attached hydrogens (tertiary/aromatic N) is 4. The summed E-state index contributed by atoms with van der Waals surface area (Å²) in [5.41, 5.74) is -1.26. The van der Waals surface area contributed by atoms with Gasteiger partial charge in [0.1, 0.15) is 5.75 Å². The van der Waals surface area contributed by atoms with E-state index in [9.17, 15) is 22.8 Å². The zero-order chi connectivity index (χ0) is 20.4. The van der Waals surface area contributed by atoms with Crippen molar-refractivity contribution in [2.24, 2.45) is 0 Å². The van der Waals surface area contributed by atoms with Crippen LogP contribution in [0, 0.1) is 0 Å². The molecule has 0 radical (unpaired) electrons. The first kappa shape index (κ1) is 22.1. The summed E-state index contributed by atoms with van der Waals surface area (Å²) in [6.45, 7) is 1.91. The van der Waals surface area contributed by atoms with E-state index in [-0.39, 0.29) is 10.4 Å². The van der Waals surface area contributed by atoms with E-state index in [1.807, 2.05) is 7.05 Å². The Kier molecular flexibility index (Phi) is 8.41. The van der Waals surface area contributed by atoms with Crippen LogP contribution in [-0.2, 0) is 4.74 Å². The summed E-state index contributed by atoms with van der Waals surface area (Å²) < 4.78 is 45.2. The number of hydrogen-bond acceptors (Lipinski definition) is 7. The second-order valence-electron chi connectivity index (χ2n) is 4.86. The molecule has 13 heteroatoms. The van der Waals surface area contributed by atoms with Crippen LogP contribution in [-0.4, -0.2) is 64.7 Å². The van der Waals surface area contributed by atoms with E-state index in [0.717, 1.165) is 31.7 Å². The van der Waals surface area contributed by atoms with Crippen molar-refractivity contribution < 1.29 is 32.5 Å². The number of methoxy groups -OCH3 is 1. The molecule has 0 aliphatic heterocycles. The summed E-state index contributed by atoms with van der Waals surface area (Å²) in [4.78, 5) is 22.2. The summed E-state index contributed by atoms with van der Waals surface area (Å²) in [6.07, 6.45) is -5.45. The van der Waals surface area contributed by atoms with E-state index in [0.29, 0.717) is 4.68 Å². The van der Waals surface area contributed by atoms with Crippen molar-refractivity contribution in [1.29, 1.82) is 0 Å². The molecule has 2 aromatic rings. The molecular formula is C14H18F3N5O5. The minimum Gasteiger partial charge on any atom is -0.463 e. The van der Waals surface area contributed by atoms with Crippen LogP contribution >= 0.6 is 0 Å². The molecule has 150 valence electrons. The van der Waals surface area contributed by atoms with Gasteiger partial charge in [0.2, 0.25) is 0 Å². The summed E-state index contributed by atoms with van der Waals surface area (Å²) in [5, 5.41) is 17.9. The van der Waals surface area contributed by atoms with Crippen molar-refractivity contribution in [3.05, 3.63) is 34.7 Å². The highest BCUT2D eigenvalue weighted by Gasteiger charge is 2.31. The fourth-order valence-corrected chi connectivity index (χ4v) is 1.73. The number of ether oxygens (including phenoxy) is 2. The van der Waals surface area contributed by atoms with Crippen molar-refractivity contribution in [1.82, 2.24) is 25.1 Å². The minimum absolute atomic E-state index is 0.0390. The van der Waals surface area contributed by atoms with Gasteiger partial charge >= 0.3 is 18.1 Å². The Balaban J connectivity index is 0.000000445. The molecule has 0 aliphatic carbocycles. The predicted octanol–water partition coefficient (Wildman–Crippen LogP) is 1.10. The van der Waals surface area contributed by atoms with Crippen LogP contribution in [0.2, 0.25) is 0 Å². The van der Waals surface area contributed by atoms with Crippen molar-refractivity contribution in [2.45, 2.75) is 12.8 Å². The fourth-order valence-electron chi connectivity index (χ4n) is 1.73. The van der Waals surface area contributed by atoms with Gasteiger partial charge in [-0.15, -0.1) is 13.2 Å². The van der Waals surface area contributed by atoms with Crippen molar-refractivity contribution in [2.75, 3.05) is 27.3 Å². The zero-order valence-electron chi connectivity index (χ0n) is 14.4. The maximum Gasteiger partial charge on any atom is 0.573 e. The van der Waals surface area contributed by atoms with Gasteiger partial charge in [-0.2, -0.15) is 4.68 Å². The smallest absolute Gasteiger partial charge is 0.463 e. The van der Waals surface area contributed by atoms with E-state index in [4.69, 9.17) is 9.84 Å². The number of rotatable bonds is 6. The lowest BCUT2D eigenvalue weighted by Gasteiger charge is -2.09. The highest BCUT2D eigenvalue weighted by atomic mass is 19.4. The van der Waals surface area contributed by atoms with Gasteiger partial charge in [0.05, 0.1) is 5.69 Å². The molecule has 2 rings (SSSR count). The van der Waals surface area contributed by atoms with Crippen LogP contribution in [0.5, 0.6) is 5.75 Å². The lowest BCUT2D eigenvalue weighted by atomic mass is 10.3. The van der Waals surface area contributed by atoms with Crippen molar-refractivity contribution in [3.8, 4) is 11.4 Å². The van der Waals surface area contributed by atoms with Crippen LogP contribution in [0.15, 0.2) is 29.1 Å². The molecule has 0 fully saturated rings. The number of benzene rings is 1. The minimum atomic E-state index is -4.89. The highest BCUT2D eigenvalue weighted by molar-refractivity contribution is 5.66. The normalized spacial score (nSPS) is 10.9. The van der Waals surface area contributed by atoms with Crippen LogP contribution in [0.4, 0.5) is 18.0 Å². The average molecular weight is 393 g/mol. The first-order valence-corrected chi connectivity index (χ1v) is 7.47. The summed E-state index contributed by atoms with van der Waals surface area (Å²) in [5.74, 6) is -0.577. The van der Waals surface area contributed by atoms with Gasteiger partial charge in [0, 0.05) is 19.8 Å². The number of carboxylic acid groups (broad SMARTS) is 1. The number of hydrogen-bond donors (Lipinski definition) is 2. The van der Waals surface area contributed by atoms with Crippen molar-refractivity contribution >= 4 is 6.09 Å². The number of nitrogens with one attached hydrogen (secondary N) is 1. The number of carbonyl (C=O) groups is 1. The van der Waals surface area contributed by atoms with Gasteiger partial charge in [-0.3, -0.25) is 0 Å². The highest BCUT2D eigenvalue weighted by Crippen LogP contribution is 2.23. The number of tetrazole rings is 1. The Morgan fingerprint density at radius 2 is 2.04 bits per heavy atom. The molecule has 0 saturated heterocycles. The standard InChI is InChI=1S/C9H5F3N4O4.C5H13NO/c10-9(11,12)20-6-3-1-2-5(4-6)15-7(17)16(8(18)19)14-13-15;1-6-4-3-5-7-2/h1-4H,(H,18,19);6H,3-5H2,1-2H3. The topological polar surface area (TPSA) is 120 Å². The first-order valence-electron chi connectivity index (χ1n) is 7.47. The quantitative estimate of drug-likeness (QED) is 0.553. The largest absolute Gasteiger partial charge is 0.573 e. The lowest BCUT2D eigenvalue weighted by Crippen LogP contribution is -2.28. The molecule has 0 aliphatic rings. The zero-order valence-corrected chi connectivity index (χ0v) is 14.4. The maximum absolute atomic E-state index is 12.1. The third-order valence-corrected chi connectivity index (χ3v) is 2.83. The Morgan fingerprint density at radius 1 is 1.33 bits per heavy atom.